The van der Waals surface area contributed by atoms with Crippen LogP contribution in [0.15, 0.2) is 92.6 Å². The summed E-state index contributed by atoms with van der Waals surface area (Å²) in [5.74, 6) is 0.821. The first-order valence-electron chi connectivity index (χ1n) is 9.70. The van der Waals surface area contributed by atoms with E-state index in [0.29, 0.717) is 38.0 Å². The van der Waals surface area contributed by atoms with E-state index in [4.69, 9.17) is 4.42 Å². The van der Waals surface area contributed by atoms with Crippen LogP contribution in [0.25, 0.3) is 17.4 Å². The highest BCUT2D eigenvalue weighted by Gasteiger charge is 2.35. The van der Waals surface area contributed by atoms with Crippen molar-refractivity contribution in [1.29, 1.82) is 0 Å². The van der Waals surface area contributed by atoms with Gasteiger partial charge in [-0.05, 0) is 48.2 Å². The zero-order valence-electron chi connectivity index (χ0n) is 16.8. The Bertz CT molecular complexity index is 1380. The summed E-state index contributed by atoms with van der Waals surface area (Å²) in [4.78, 5) is 34.4. The molecule has 8 nitrogen and oxygen atoms in total. The molecule has 10 heteroatoms. The van der Waals surface area contributed by atoms with Gasteiger partial charge in [-0.15, -0.1) is 11.3 Å². The van der Waals surface area contributed by atoms with Gasteiger partial charge in [0.1, 0.15) is 11.5 Å². The molecular weight excluding hydrogens is 460 g/mol. The van der Waals surface area contributed by atoms with Crippen molar-refractivity contribution in [2.24, 2.45) is 4.99 Å². The molecule has 0 bridgehead atoms. The summed E-state index contributed by atoms with van der Waals surface area (Å²) in [5, 5.41) is 13.8. The third kappa shape index (κ3) is 4.34. The first-order valence-corrected chi connectivity index (χ1v) is 11.4. The molecule has 0 spiro atoms. The number of non-ortho nitro benzene ring substituents is 1. The molecule has 4 aromatic rings. The zero-order valence-corrected chi connectivity index (χ0v) is 18.5. The number of hydrogen-bond donors (Lipinski definition) is 0. The molecule has 0 unspecified atom stereocenters. The molecule has 0 saturated carbocycles. The largest absolute Gasteiger partial charge is 0.457 e. The predicted octanol–water partition coefficient (Wildman–Crippen LogP) is 6.12. The predicted molar refractivity (Wildman–Crippen MR) is 130 cm³/mol. The minimum absolute atomic E-state index is 0.00801. The molecule has 1 saturated heterocycles. The number of aliphatic imine (C=N–C) groups is 1. The average Bonchev–Trinajstić information content (AvgIpc) is 3.57. The van der Waals surface area contributed by atoms with Crippen LogP contribution >= 0.6 is 23.1 Å². The van der Waals surface area contributed by atoms with Gasteiger partial charge < -0.3 is 4.42 Å². The van der Waals surface area contributed by atoms with Crippen molar-refractivity contribution in [3.63, 3.8) is 0 Å². The van der Waals surface area contributed by atoms with Crippen LogP contribution < -0.4 is 4.90 Å². The normalized spacial score (nSPS) is 16.1. The van der Waals surface area contributed by atoms with Gasteiger partial charge in [0, 0.05) is 35.3 Å². The van der Waals surface area contributed by atoms with Gasteiger partial charge in [-0.2, -0.15) is 4.99 Å². The van der Waals surface area contributed by atoms with Gasteiger partial charge in [0.2, 0.25) is 5.13 Å². The van der Waals surface area contributed by atoms with Crippen molar-refractivity contribution in [3.8, 4) is 11.3 Å². The van der Waals surface area contributed by atoms with Crippen LogP contribution in [-0.4, -0.2) is 21.0 Å². The van der Waals surface area contributed by atoms with Gasteiger partial charge in [0.25, 0.3) is 11.6 Å². The first-order chi connectivity index (χ1) is 16.1. The van der Waals surface area contributed by atoms with Crippen LogP contribution in [0.5, 0.6) is 0 Å². The van der Waals surface area contributed by atoms with Gasteiger partial charge in [-0.25, -0.2) is 4.98 Å². The standard InChI is InChI=1S/C23H14N4O4S2/c28-21-20(14-18-10-11-19(31-18)15-6-8-17(9-7-15)27(29)30)33-23(25-22-24-12-13-32-22)26(21)16-4-2-1-3-5-16/h1-14H/b20-14+,25-23+. The molecule has 1 fully saturated rings. The number of thiazole rings is 1. The van der Waals surface area contributed by atoms with E-state index in [-0.39, 0.29) is 11.6 Å². The Morgan fingerprint density at radius 2 is 1.85 bits per heavy atom. The number of hydrogen-bond acceptors (Lipinski definition) is 8. The number of nitrogens with zero attached hydrogens (tertiary/aromatic N) is 4. The van der Waals surface area contributed by atoms with E-state index < -0.39 is 4.92 Å². The maximum absolute atomic E-state index is 13.3. The second kappa shape index (κ2) is 8.85. The van der Waals surface area contributed by atoms with Crippen molar-refractivity contribution in [1.82, 2.24) is 4.98 Å². The molecule has 1 aliphatic rings. The third-order valence-corrected chi connectivity index (χ3v) is 6.33. The number of nitro benzene ring substituents is 1. The lowest BCUT2D eigenvalue weighted by Crippen LogP contribution is -2.28. The molecule has 5 rings (SSSR count). The molecule has 0 N–H and O–H groups in total. The van der Waals surface area contributed by atoms with Gasteiger partial charge in [0.05, 0.1) is 15.5 Å². The summed E-state index contributed by atoms with van der Waals surface area (Å²) in [5.41, 5.74) is 1.42. The lowest BCUT2D eigenvalue weighted by Gasteiger charge is -2.14. The van der Waals surface area contributed by atoms with E-state index in [2.05, 4.69) is 9.98 Å². The maximum Gasteiger partial charge on any atom is 0.271 e. The quantitative estimate of drug-likeness (QED) is 0.196. The van der Waals surface area contributed by atoms with E-state index in [0.717, 1.165) is 0 Å². The summed E-state index contributed by atoms with van der Waals surface area (Å²) in [6.45, 7) is 0. The smallest absolute Gasteiger partial charge is 0.271 e. The van der Waals surface area contributed by atoms with Gasteiger partial charge >= 0.3 is 0 Å². The minimum atomic E-state index is -0.450. The Kier molecular flexibility index (Phi) is 5.59. The number of rotatable bonds is 5. The molecule has 0 radical (unpaired) electrons. The van der Waals surface area contributed by atoms with Crippen molar-refractivity contribution >= 4 is 56.8 Å². The molecule has 2 aromatic heterocycles. The topological polar surface area (TPSA) is 102 Å². The highest BCUT2D eigenvalue weighted by atomic mass is 32.2. The van der Waals surface area contributed by atoms with Crippen LogP contribution in [0.2, 0.25) is 0 Å². The number of nitro groups is 1. The second-order valence-corrected chi connectivity index (χ2v) is 8.68. The number of carbonyl (C=O) groups is 1. The summed E-state index contributed by atoms with van der Waals surface area (Å²) in [6, 6.07) is 18.9. The second-order valence-electron chi connectivity index (χ2n) is 6.80. The molecule has 162 valence electrons. The summed E-state index contributed by atoms with van der Waals surface area (Å²) < 4.78 is 5.88. The molecular formula is C23H14N4O4S2. The number of benzene rings is 2. The number of para-hydroxylation sites is 1. The molecule has 3 heterocycles. The number of amides is 1. The number of thioether (sulfide) groups is 1. The Labute approximate surface area is 196 Å². The number of carbonyl (C=O) groups excluding carboxylic acids is 1. The number of amidine groups is 1. The number of furan rings is 1. The van der Waals surface area contributed by atoms with Crippen molar-refractivity contribution < 1.29 is 14.1 Å². The Balaban J connectivity index is 1.46. The molecule has 0 atom stereocenters. The molecule has 0 aliphatic carbocycles. The maximum atomic E-state index is 13.3. The Morgan fingerprint density at radius 1 is 1.06 bits per heavy atom. The summed E-state index contributed by atoms with van der Waals surface area (Å²) >= 11 is 2.63. The number of aromatic nitrogens is 1. The fourth-order valence-electron chi connectivity index (χ4n) is 3.17. The zero-order chi connectivity index (χ0) is 22.8. The van der Waals surface area contributed by atoms with E-state index in [9.17, 15) is 14.9 Å². The number of anilines is 1. The summed E-state index contributed by atoms with van der Waals surface area (Å²) in [7, 11) is 0. The molecule has 33 heavy (non-hydrogen) atoms. The van der Waals surface area contributed by atoms with Crippen molar-refractivity contribution in [2.75, 3.05) is 4.90 Å². The van der Waals surface area contributed by atoms with E-state index in [1.54, 1.807) is 41.4 Å². The van der Waals surface area contributed by atoms with Gasteiger partial charge in [0.15, 0.2) is 5.17 Å². The van der Waals surface area contributed by atoms with E-state index >= 15 is 0 Å². The van der Waals surface area contributed by atoms with Crippen LogP contribution in [0.1, 0.15) is 5.76 Å². The van der Waals surface area contributed by atoms with Gasteiger partial charge in [-0.3, -0.25) is 19.8 Å². The SMILES string of the molecule is O=C1/C(=C\c2ccc(-c3ccc([N+](=O)[O-])cc3)o2)S/C(=N/c2nccs2)N1c1ccccc1. The van der Waals surface area contributed by atoms with Gasteiger partial charge in [-0.1, -0.05) is 18.2 Å². The monoisotopic (exact) mass is 474 g/mol. The third-order valence-electron chi connectivity index (χ3n) is 4.69. The van der Waals surface area contributed by atoms with Crippen LogP contribution in [0.3, 0.4) is 0 Å². The Morgan fingerprint density at radius 3 is 2.55 bits per heavy atom. The molecule has 1 aliphatic heterocycles. The van der Waals surface area contributed by atoms with Crippen molar-refractivity contribution in [3.05, 3.63) is 99.1 Å². The average molecular weight is 475 g/mol. The van der Waals surface area contributed by atoms with E-state index in [1.807, 2.05) is 35.7 Å². The lowest BCUT2D eigenvalue weighted by molar-refractivity contribution is -0.384. The highest BCUT2D eigenvalue weighted by molar-refractivity contribution is 8.19. The van der Waals surface area contributed by atoms with Crippen LogP contribution in [-0.2, 0) is 4.79 Å². The molecule has 2 aromatic carbocycles. The molecule has 1 amide bonds. The van der Waals surface area contributed by atoms with Crippen molar-refractivity contribution in [2.45, 2.75) is 0 Å². The first kappa shape index (κ1) is 20.9. The fraction of sp³-hybridized carbons (Fsp3) is 0. The lowest BCUT2D eigenvalue weighted by atomic mass is 10.1. The van der Waals surface area contributed by atoms with Crippen LogP contribution in [0, 0.1) is 10.1 Å². The summed E-state index contributed by atoms with van der Waals surface area (Å²) in [6.07, 6.45) is 3.33. The van der Waals surface area contributed by atoms with E-state index in [1.165, 1.54) is 35.2 Å². The van der Waals surface area contributed by atoms with Crippen LogP contribution in [0.4, 0.5) is 16.5 Å². The Hall–Kier alpha value is -4.02. The minimum Gasteiger partial charge on any atom is -0.457 e. The fourth-order valence-corrected chi connectivity index (χ4v) is 4.69. The highest BCUT2D eigenvalue weighted by Crippen LogP contribution is 2.38.